The van der Waals surface area contributed by atoms with Crippen LogP contribution in [0.3, 0.4) is 0 Å². The highest BCUT2D eigenvalue weighted by atomic mass is 15.5. The van der Waals surface area contributed by atoms with Crippen LogP contribution in [-0.2, 0) is 0 Å². The first-order chi connectivity index (χ1) is 3.66. The van der Waals surface area contributed by atoms with E-state index in [0.717, 1.165) is 5.70 Å². The predicted molar refractivity (Wildman–Crippen MR) is 35.9 cm³/mol. The van der Waals surface area contributed by atoms with E-state index in [0.29, 0.717) is 0 Å². The molecule has 0 amide bonds. The number of hydrogen-bond acceptors (Lipinski definition) is 2. The highest BCUT2D eigenvalue weighted by Crippen LogP contribution is 1.80. The molecule has 0 aliphatic rings. The molecular formula is C6H12N2. The number of allylic oxidation sites excluding steroid dienone is 1. The molecule has 0 aliphatic heterocycles. The van der Waals surface area contributed by atoms with Crippen LogP contribution < -0.4 is 5.43 Å². The summed E-state index contributed by atoms with van der Waals surface area (Å²) in [4.78, 5) is 0. The second-order valence-corrected chi connectivity index (χ2v) is 1.69. The van der Waals surface area contributed by atoms with Gasteiger partial charge in [0.05, 0.1) is 0 Å². The molecule has 0 saturated carbocycles. The summed E-state index contributed by atoms with van der Waals surface area (Å²) in [6.07, 6.45) is 1.68. The molecule has 2 nitrogen and oxygen atoms in total. The van der Waals surface area contributed by atoms with Gasteiger partial charge in [0.2, 0.25) is 0 Å². The fourth-order valence-corrected chi connectivity index (χ4v) is 0.347. The molecule has 0 atom stereocenters. The Morgan fingerprint density at radius 2 is 2.25 bits per heavy atom. The summed E-state index contributed by atoms with van der Waals surface area (Å²) >= 11 is 0. The number of rotatable bonds is 3. The molecular weight excluding hydrogens is 100 g/mol. The van der Waals surface area contributed by atoms with Gasteiger partial charge in [-0.25, -0.2) is 0 Å². The quantitative estimate of drug-likeness (QED) is 0.550. The molecule has 0 rings (SSSR count). The standard InChI is InChI=1S/C6H12N2/c1-5-8(4)7-6(2)3/h5,7H,1-2H2,3-4H3. The molecule has 0 aromatic carbocycles. The van der Waals surface area contributed by atoms with Crippen LogP contribution in [0.25, 0.3) is 0 Å². The van der Waals surface area contributed by atoms with Crippen LogP contribution >= 0.6 is 0 Å². The Morgan fingerprint density at radius 1 is 1.75 bits per heavy atom. The molecule has 0 fully saturated rings. The van der Waals surface area contributed by atoms with Gasteiger partial charge < -0.3 is 5.43 Å². The number of nitrogens with zero attached hydrogens (tertiary/aromatic N) is 1. The normalized spacial score (nSPS) is 7.75. The zero-order chi connectivity index (χ0) is 6.57. The van der Waals surface area contributed by atoms with Crippen LogP contribution in [0.4, 0.5) is 0 Å². The summed E-state index contributed by atoms with van der Waals surface area (Å²) in [5.41, 5.74) is 3.82. The van der Waals surface area contributed by atoms with Crippen LogP contribution in [0.15, 0.2) is 25.1 Å². The van der Waals surface area contributed by atoms with E-state index < -0.39 is 0 Å². The van der Waals surface area contributed by atoms with Crippen molar-refractivity contribution < 1.29 is 0 Å². The summed E-state index contributed by atoms with van der Waals surface area (Å²) in [6, 6.07) is 0. The Labute approximate surface area is 50.5 Å². The Bertz CT molecular complexity index is 96.7. The van der Waals surface area contributed by atoms with Crippen LogP contribution in [0.5, 0.6) is 0 Å². The molecule has 8 heavy (non-hydrogen) atoms. The summed E-state index contributed by atoms with van der Waals surface area (Å²) in [6.45, 7) is 9.07. The van der Waals surface area contributed by atoms with E-state index >= 15 is 0 Å². The van der Waals surface area contributed by atoms with Gasteiger partial charge in [-0.3, -0.25) is 5.01 Å². The molecule has 0 heterocycles. The van der Waals surface area contributed by atoms with Crippen molar-refractivity contribution in [3.63, 3.8) is 0 Å². The summed E-state index contributed by atoms with van der Waals surface area (Å²) in [7, 11) is 1.86. The number of hydrogen-bond donors (Lipinski definition) is 1. The molecule has 2 heteroatoms. The van der Waals surface area contributed by atoms with Gasteiger partial charge in [-0.2, -0.15) is 0 Å². The minimum Gasteiger partial charge on any atom is -0.304 e. The molecule has 0 aromatic rings. The van der Waals surface area contributed by atoms with Gasteiger partial charge in [-0.15, -0.1) is 0 Å². The maximum absolute atomic E-state index is 3.64. The van der Waals surface area contributed by atoms with Gasteiger partial charge in [0.15, 0.2) is 0 Å². The average molecular weight is 112 g/mol. The predicted octanol–water partition coefficient (Wildman–Crippen LogP) is 1.10. The molecule has 0 aliphatic carbocycles. The smallest absolute Gasteiger partial charge is 0.0274 e. The monoisotopic (exact) mass is 112 g/mol. The molecule has 46 valence electrons. The lowest BCUT2D eigenvalue weighted by molar-refractivity contribution is 0.372. The maximum atomic E-state index is 3.64. The Morgan fingerprint density at radius 3 is 2.38 bits per heavy atom. The fraction of sp³-hybridized carbons (Fsp3) is 0.333. The second-order valence-electron chi connectivity index (χ2n) is 1.69. The number of nitrogens with one attached hydrogen (secondary N) is 1. The third-order valence-electron chi connectivity index (χ3n) is 0.641. The van der Waals surface area contributed by atoms with E-state index in [-0.39, 0.29) is 0 Å². The van der Waals surface area contributed by atoms with Crippen LogP contribution in [-0.4, -0.2) is 12.1 Å². The van der Waals surface area contributed by atoms with Crippen molar-refractivity contribution in [1.82, 2.24) is 10.4 Å². The van der Waals surface area contributed by atoms with Crippen molar-refractivity contribution in [2.75, 3.05) is 7.05 Å². The van der Waals surface area contributed by atoms with Crippen LogP contribution in [0, 0.1) is 0 Å². The minimum atomic E-state index is 0.910. The zero-order valence-corrected chi connectivity index (χ0v) is 5.44. The second kappa shape index (κ2) is 3.13. The lowest BCUT2D eigenvalue weighted by Crippen LogP contribution is -2.26. The SMILES string of the molecule is C=CN(C)NC(=C)C. The van der Waals surface area contributed by atoms with E-state index in [1.807, 2.05) is 14.0 Å². The molecule has 0 bridgehead atoms. The van der Waals surface area contributed by atoms with Crippen LogP contribution in [0.2, 0.25) is 0 Å². The van der Waals surface area contributed by atoms with Crippen molar-refractivity contribution in [1.29, 1.82) is 0 Å². The highest BCUT2D eigenvalue weighted by molar-refractivity contribution is 4.83. The molecule has 0 spiro atoms. The zero-order valence-electron chi connectivity index (χ0n) is 5.44. The molecule has 0 aromatic heterocycles. The summed E-state index contributed by atoms with van der Waals surface area (Å²) < 4.78 is 0. The third-order valence-corrected chi connectivity index (χ3v) is 0.641. The molecule has 0 saturated heterocycles. The molecule has 0 unspecified atom stereocenters. The van der Waals surface area contributed by atoms with Crippen molar-refractivity contribution >= 4 is 0 Å². The van der Waals surface area contributed by atoms with E-state index in [1.165, 1.54) is 0 Å². The first kappa shape index (κ1) is 7.08. The van der Waals surface area contributed by atoms with Gasteiger partial charge in [-0.05, 0) is 6.92 Å². The van der Waals surface area contributed by atoms with Gasteiger partial charge in [-0.1, -0.05) is 13.2 Å². The van der Waals surface area contributed by atoms with Crippen molar-refractivity contribution in [2.24, 2.45) is 0 Å². The molecule has 1 N–H and O–H groups in total. The van der Waals surface area contributed by atoms with Gasteiger partial charge >= 0.3 is 0 Å². The Kier molecular flexibility index (Phi) is 2.77. The first-order valence-corrected chi connectivity index (χ1v) is 2.44. The summed E-state index contributed by atoms with van der Waals surface area (Å²) in [5.74, 6) is 0. The Balaban J connectivity index is 3.38. The van der Waals surface area contributed by atoms with Gasteiger partial charge in [0.1, 0.15) is 0 Å². The Hall–Kier alpha value is -0.920. The van der Waals surface area contributed by atoms with Crippen molar-refractivity contribution in [3.05, 3.63) is 25.1 Å². The average Bonchev–Trinajstić information content (AvgIpc) is 1.65. The highest BCUT2D eigenvalue weighted by Gasteiger charge is 1.82. The maximum Gasteiger partial charge on any atom is 0.0274 e. The number of hydrazine groups is 1. The fourth-order valence-electron chi connectivity index (χ4n) is 0.347. The largest absolute Gasteiger partial charge is 0.304 e. The van der Waals surface area contributed by atoms with Crippen molar-refractivity contribution in [3.8, 4) is 0 Å². The molecule has 0 radical (unpaired) electrons. The van der Waals surface area contributed by atoms with E-state index in [1.54, 1.807) is 11.2 Å². The lowest BCUT2D eigenvalue weighted by Gasteiger charge is -2.15. The topological polar surface area (TPSA) is 15.3 Å². The van der Waals surface area contributed by atoms with Crippen LogP contribution in [0.1, 0.15) is 6.92 Å². The third kappa shape index (κ3) is 3.28. The van der Waals surface area contributed by atoms with Gasteiger partial charge in [0, 0.05) is 18.9 Å². The van der Waals surface area contributed by atoms with E-state index in [9.17, 15) is 0 Å². The summed E-state index contributed by atoms with van der Waals surface area (Å²) in [5, 5.41) is 1.74. The van der Waals surface area contributed by atoms with E-state index in [2.05, 4.69) is 18.6 Å². The van der Waals surface area contributed by atoms with E-state index in [4.69, 9.17) is 0 Å². The van der Waals surface area contributed by atoms with Gasteiger partial charge in [0.25, 0.3) is 0 Å². The minimum absolute atomic E-state index is 0.910. The lowest BCUT2D eigenvalue weighted by atomic mass is 10.6. The first-order valence-electron chi connectivity index (χ1n) is 2.44. The van der Waals surface area contributed by atoms with Crippen molar-refractivity contribution in [2.45, 2.75) is 6.92 Å².